The normalized spacial score (nSPS) is 21.9. The molecule has 0 aliphatic heterocycles. The van der Waals surface area contributed by atoms with Crippen LogP contribution in [0.15, 0.2) is 18.2 Å². The van der Waals surface area contributed by atoms with Gasteiger partial charge in [-0.05, 0) is 57.7 Å². The van der Waals surface area contributed by atoms with E-state index in [2.05, 4.69) is 45.0 Å². The molecule has 1 aliphatic rings. The lowest BCUT2D eigenvalue weighted by Crippen LogP contribution is -2.35. The van der Waals surface area contributed by atoms with E-state index in [0.29, 0.717) is 6.54 Å². The van der Waals surface area contributed by atoms with Crippen LogP contribution in [0.5, 0.6) is 0 Å². The molecule has 0 aromatic heterocycles. The van der Waals surface area contributed by atoms with Gasteiger partial charge in [0.25, 0.3) is 0 Å². The third kappa shape index (κ3) is 5.40. The number of rotatable bonds is 6. The second-order valence-corrected chi connectivity index (χ2v) is 7.70. The van der Waals surface area contributed by atoms with Gasteiger partial charge in [-0.2, -0.15) is 0 Å². The first-order valence-electron chi connectivity index (χ1n) is 7.95. The molecule has 1 aromatic carbocycles. The van der Waals surface area contributed by atoms with E-state index in [4.69, 9.17) is 0 Å². The summed E-state index contributed by atoms with van der Waals surface area (Å²) in [6.45, 7) is 11.3. The number of nitrogens with zero attached hydrogens (tertiary/aromatic N) is 1. The molecular weight excluding hydrogens is 263 g/mol. The molecule has 0 bridgehead atoms. The number of hydrogen-bond acceptors (Lipinski definition) is 2. The summed E-state index contributed by atoms with van der Waals surface area (Å²) in [5.74, 6) is 1.56. The highest BCUT2D eigenvalue weighted by atomic mass is 19.1. The van der Waals surface area contributed by atoms with E-state index < -0.39 is 0 Å². The summed E-state index contributed by atoms with van der Waals surface area (Å²) >= 11 is 0. The zero-order valence-electron chi connectivity index (χ0n) is 14.0. The van der Waals surface area contributed by atoms with Gasteiger partial charge in [0.1, 0.15) is 5.82 Å². The summed E-state index contributed by atoms with van der Waals surface area (Å²) in [4.78, 5) is 2.24. The largest absolute Gasteiger partial charge is 0.308 e. The van der Waals surface area contributed by atoms with Crippen molar-refractivity contribution in [1.29, 1.82) is 0 Å². The van der Waals surface area contributed by atoms with Gasteiger partial charge in [0, 0.05) is 30.7 Å². The van der Waals surface area contributed by atoms with Gasteiger partial charge in [-0.3, -0.25) is 0 Å². The third-order valence-electron chi connectivity index (χ3n) is 4.20. The molecule has 2 unspecified atom stereocenters. The number of halogens is 1. The van der Waals surface area contributed by atoms with Gasteiger partial charge in [-0.25, -0.2) is 4.39 Å². The Morgan fingerprint density at radius 2 is 2.00 bits per heavy atom. The first-order chi connectivity index (χ1) is 9.74. The molecular formula is C18H29FN2. The average Bonchev–Trinajstić information content (AvgIpc) is 3.04. The van der Waals surface area contributed by atoms with Crippen molar-refractivity contribution in [3.8, 4) is 0 Å². The van der Waals surface area contributed by atoms with Crippen LogP contribution < -0.4 is 5.32 Å². The molecule has 1 saturated carbocycles. The highest BCUT2D eigenvalue weighted by Gasteiger charge is 2.33. The standard InChI is InChI=1S/C18H29FN2/c1-13-8-15(13)11-21(5)12-16-9-14(6-7-17(16)19)10-20-18(2,3)4/h6-7,9,13,15,20H,8,10-12H2,1-5H3. The van der Waals surface area contributed by atoms with E-state index in [1.54, 1.807) is 6.07 Å². The Morgan fingerprint density at radius 3 is 2.57 bits per heavy atom. The molecule has 0 saturated heterocycles. The van der Waals surface area contributed by atoms with Crippen LogP contribution in [0.25, 0.3) is 0 Å². The van der Waals surface area contributed by atoms with E-state index in [1.807, 2.05) is 12.1 Å². The monoisotopic (exact) mass is 292 g/mol. The van der Waals surface area contributed by atoms with Crippen LogP contribution in [-0.4, -0.2) is 24.0 Å². The maximum atomic E-state index is 14.0. The minimum atomic E-state index is -0.0924. The summed E-state index contributed by atoms with van der Waals surface area (Å²) in [5.41, 5.74) is 2.03. The van der Waals surface area contributed by atoms with Crippen molar-refractivity contribution in [2.75, 3.05) is 13.6 Å². The lowest BCUT2D eigenvalue weighted by atomic mass is 10.1. The van der Waals surface area contributed by atoms with Gasteiger partial charge in [-0.15, -0.1) is 0 Å². The molecule has 3 heteroatoms. The fraction of sp³-hybridized carbons (Fsp3) is 0.667. The molecule has 118 valence electrons. The van der Waals surface area contributed by atoms with Crippen LogP contribution in [-0.2, 0) is 13.1 Å². The van der Waals surface area contributed by atoms with Gasteiger partial charge in [0.05, 0.1) is 0 Å². The quantitative estimate of drug-likeness (QED) is 0.858. The molecule has 21 heavy (non-hydrogen) atoms. The predicted molar refractivity (Wildman–Crippen MR) is 86.6 cm³/mol. The van der Waals surface area contributed by atoms with E-state index >= 15 is 0 Å². The lowest BCUT2D eigenvalue weighted by Gasteiger charge is -2.21. The predicted octanol–water partition coefficient (Wildman–Crippen LogP) is 3.80. The highest BCUT2D eigenvalue weighted by Crippen LogP contribution is 2.38. The van der Waals surface area contributed by atoms with Crippen LogP contribution in [0.4, 0.5) is 4.39 Å². The number of benzene rings is 1. The van der Waals surface area contributed by atoms with Crippen molar-refractivity contribution in [3.05, 3.63) is 35.1 Å². The summed E-state index contributed by atoms with van der Waals surface area (Å²) < 4.78 is 14.0. The zero-order valence-corrected chi connectivity index (χ0v) is 14.0. The van der Waals surface area contributed by atoms with E-state index in [1.165, 1.54) is 6.42 Å². The van der Waals surface area contributed by atoms with Crippen molar-refractivity contribution < 1.29 is 4.39 Å². The average molecular weight is 292 g/mol. The number of hydrogen-bond donors (Lipinski definition) is 1. The lowest BCUT2D eigenvalue weighted by molar-refractivity contribution is 0.302. The summed E-state index contributed by atoms with van der Waals surface area (Å²) in [7, 11) is 2.09. The molecule has 1 aromatic rings. The van der Waals surface area contributed by atoms with Gasteiger partial charge >= 0.3 is 0 Å². The number of nitrogens with one attached hydrogen (secondary N) is 1. The Labute approximate surface area is 128 Å². The smallest absolute Gasteiger partial charge is 0.127 e. The Bertz CT molecular complexity index is 479. The van der Waals surface area contributed by atoms with Gasteiger partial charge < -0.3 is 10.2 Å². The summed E-state index contributed by atoms with van der Waals surface area (Å²) in [6.07, 6.45) is 1.32. The molecule has 2 nitrogen and oxygen atoms in total. The van der Waals surface area contributed by atoms with Crippen LogP contribution in [0.1, 0.15) is 45.2 Å². The van der Waals surface area contributed by atoms with Crippen LogP contribution in [0.2, 0.25) is 0 Å². The fourth-order valence-electron chi connectivity index (χ4n) is 2.64. The Hall–Kier alpha value is -0.930. The third-order valence-corrected chi connectivity index (χ3v) is 4.20. The molecule has 2 atom stereocenters. The maximum Gasteiger partial charge on any atom is 0.127 e. The molecule has 1 fully saturated rings. The molecule has 0 radical (unpaired) electrons. The highest BCUT2D eigenvalue weighted by molar-refractivity contribution is 5.25. The second-order valence-electron chi connectivity index (χ2n) is 7.70. The van der Waals surface area contributed by atoms with Crippen molar-refractivity contribution in [1.82, 2.24) is 10.2 Å². The Kier molecular flexibility index (Phi) is 5.05. The topological polar surface area (TPSA) is 15.3 Å². The van der Waals surface area contributed by atoms with Crippen LogP contribution in [0.3, 0.4) is 0 Å². The van der Waals surface area contributed by atoms with Crippen molar-refractivity contribution in [2.45, 2.75) is 52.7 Å². The van der Waals surface area contributed by atoms with E-state index in [9.17, 15) is 4.39 Å². The molecule has 1 N–H and O–H groups in total. The van der Waals surface area contributed by atoms with E-state index in [-0.39, 0.29) is 11.4 Å². The van der Waals surface area contributed by atoms with Crippen LogP contribution in [0, 0.1) is 17.7 Å². The van der Waals surface area contributed by atoms with Crippen molar-refractivity contribution >= 4 is 0 Å². The second kappa shape index (κ2) is 6.45. The molecule has 0 amide bonds. The SMILES string of the molecule is CC1CC1CN(C)Cc1cc(CNC(C)(C)C)ccc1F. The van der Waals surface area contributed by atoms with Gasteiger partial charge in [0.2, 0.25) is 0 Å². The maximum absolute atomic E-state index is 14.0. The minimum Gasteiger partial charge on any atom is -0.308 e. The Morgan fingerprint density at radius 1 is 1.33 bits per heavy atom. The van der Waals surface area contributed by atoms with Gasteiger partial charge in [0.15, 0.2) is 0 Å². The fourth-order valence-corrected chi connectivity index (χ4v) is 2.64. The Balaban J connectivity index is 1.94. The molecule has 0 spiro atoms. The summed E-state index contributed by atoms with van der Waals surface area (Å²) in [6, 6.07) is 5.48. The van der Waals surface area contributed by atoms with Gasteiger partial charge in [-0.1, -0.05) is 19.1 Å². The minimum absolute atomic E-state index is 0.0768. The zero-order chi connectivity index (χ0) is 15.6. The van der Waals surface area contributed by atoms with Crippen molar-refractivity contribution in [3.63, 3.8) is 0 Å². The van der Waals surface area contributed by atoms with Crippen molar-refractivity contribution in [2.24, 2.45) is 11.8 Å². The van der Waals surface area contributed by atoms with E-state index in [0.717, 1.165) is 36.1 Å². The molecule has 2 rings (SSSR count). The molecule has 0 heterocycles. The summed E-state index contributed by atoms with van der Waals surface area (Å²) in [5, 5.41) is 3.45. The molecule has 1 aliphatic carbocycles. The first-order valence-corrected chi connectivity index (χ1v) is 7.95. The van der Waals surface area contributed by atoms with Crippen LogP contribution >= 0.6 is 0 Å². The first kappa shape index (κ1) is 16.4.